The Kier molecular flexibility index (Phi) is 3.99. The van der Waals surface area contributed by atoms with Crippen LogP contribution in [0.4, 0.5) is 10.1 Å². The predicted octanol–water partition coefficient (Wildman–Crippen LogP) is 4.90. The summed E-state index contributed by atoms with van der Waals surface area (Å²) in [5, 5.41) is 1.15. The number of aromatic nitrogens is 1. The van der Waals surface area contributed by atoms with E-state index in [1.54, 1.807) is 30.5 Å². The smallest absolute Gasteiger partial charge is 0.132 e. The number of anilines is 1. The molecule has 0 unspecified atom stereocenters. The Bertz CT molecular complexity index is 787. The monoisotopic (exact) mass is 318 g/mol. The number of nitrogen functional groups attached to an aromatic ring is 1. The van der Waals surface area contributed by atoms with Crippen LogP contribution >= 0.6 is 23.4 Å². The second-order valence-corrected chi connectivity index (χ2v) is 5.95. The van der Waals surface area contributed by atoms with E-state index in [2.05, 4.69) is 4.98 Å². The Balaban J connectivity index is 1.94. The van der Waals surface area contributed by atoms with E-state index in [-0.39, 0.29) is 5.82 Å². The molecule has 3 rings (SSSR count). The zero-order valence-corrected chi connectivity index (χ0v) is 12.6. The standard InChI is InChI=1S/C16H12ClFN2S/c17-12-4-1-5-14(19)16(12)21-9-10-6-7-13(18)11-3-2-8-20-15(10)11/h1-8H,9,19H2. The van der Waals surface area contributed by atoms with Gasteiger partial charge in [0, 0.05) is 27.9 Å². The second kappa shape index (κ2) is 5.92. The van der Waals surface area contributed by atoms with Gasteiger partial charge in [-0.3, -0.25) is 4.98 Å². The molecule has 1 heterocycles. The minimum atomic E-state index is -0.260. The predicted molar refractivity (Wildman–Crippen MR) is 87.1 cm³/mol. The van der Waals surface area contributed by atoms with Gasteiger partial charge in [-0.1, -0.05) is 23.7 Å². The number of thioether (sulfide) groups is 1. The molecule has 21 heavy (non-hydrogen) atoms. The lowest BCUT2D eigenvalue weighted by Crippen LogP contribution is -1.92. The summed E-state index contributed by atoms with van der Waals surface area (Å²) in [4.78, 5) is 5.12. The number of hydrogen-bond donors (Lipinski definition) is 1. The number of halogens is 2. The summed E-state index contributed by atoms with van der Waals surface area (Å²) in [5.74, 6) is 0.367. The number of hydrogen-bond acceptors (Lipinski definition) is 3. The largest absolute Gasteiger partial charge is 0.398 e. The van der Waals surface area contributed by atoms with Gasteiger partial charge in [0.15, 0.2) is 0 Å². The first kappa shape index (κ1) is 14.2. The van der Waals surface area contributed by atoms with E-state index in [4.69, 9.17) is 17.3 Å². The average Bonchev–Trinajstić information content (AvgIpc) is 2.49. The van der Waals surface area contributed by atoms with Crippen molar-refractivity contribution in [2.45, 2.75) is 10.6 Å². The molecule has 0 radical (unpaired) electrons. The highest BCUT2D eigenvalue weighted by Crippen LogP contribution is 2.35. The molecule has 0 fully saturated rings. The lowest BCUT2D eigenvalue weighted by atomic mass is 10.1. The fourth-order valence-electron chi connectivity index (χ4n) is 2.14. The highest BCUT2D eigenvalue weighted by molar-refractivity contribution is 7.98. The van der Waals surface area contributed by atoms with Crippen molar-refractivity contribution < 1.29 is 4.39 Å². The van der Waals surface area contributed by atoms with Crippen LogP contribution in [-0.4, -0.2) is 4.98 Å². The summed E-state index contributed by atoms with van der Waals surface area (Å²) in [7, 11) is 0. The Morgan fingerprint density at radius 3 is 2.81 bits per heavy atom. The molecule has 2 nitrogen and oxygen atoms in total. The normalized spacial score (nSPS) is 11.0. The number of nitrogens with zero attached hydrogens (tertiary/aromatic N) is 1. The molecule has 2 N–H and O–H groups in total. The van der Waals surface area contributed by atoms with Gasteiger partial charge < -0.3 is 5.73 Å². The van der Waals surface area contributed by atoms with Gasteiger partial charge in [-0.05, 0) is 35.9 Å². The highest BCUT2D eigenvalue weighted by Gasteiger charge is 2.10. The fourth-order valence-corrected chi connectivity index (χ4v) is 3.46. The van der Waals surface area contributed by atoms with Gasteiger partial charge in [-0.15, -0.1) is 11.8 Å². The van der Waals surface area contributed by atoms with E-state index >= 15 is 0 Å². The Labute approximate surface area is 131 Å². The van der Waals surface area contributed by atoms with Crippen molar-refractivity contribution in [2.24, 2.45) is 0 Å². The van der Waals surface area contributed by atoms with Crippen LogP contribution in [0.25, 0.3) is 10.9 Å². The summed E-state index contributed by atoms with van der Waals surface area (Å²) in [6.07, 6.45) is 1.67. The molecule has 0 bridgehead atoms. The van der Waals surface area contributed by atoms with E-state index in [1.807, 2.05) is 12.1 Å². The van der Waals surface area contributed by atoms with Crippen LogP contribution in [0.5, 0.6) is 0 Å². The summed E-state index contributed by atoms with van der Waals surface area (Å²) >= 11 is 7.69. The Hall–Kier alpha value is -1.78. The van der Waals surface area contributed by atoms with Crippen molar-refractivity contribution in [3.63, 3.8) is 0 Å². The van der Waals surface area contributed by atoms with Gasteiger partial charge >= 0.3 is 0 Å². The van der Waals surface area contributed by atoms with Crippen LogP contribution < -0.4 is 5.73 Å². The first-order valence-corrected chi connectivity index (χ1v) is 7.72. The molecule has 2 aromatic carbocycles. The van der Waals surface area contributed by atoms with Gasteiger partial charge in [-0.2, -0.15) is 0 Å². The summed E-state index contributed by atoms with van der Waals surface area (Å²) in [6.45, 7) is 0. The molecular weight excluding hydrogens is 307 g/mol. The molecule has 0 aliphatic heterocycles. The third-order valence-electron chi connectivity index (χ3n) is 3.17. The van der Waals surface area contributed by atoms with Crippen molar-refractivity contribution in [2.75, 3.05) is 5.73 Å². The molecule has 0 atom stereocenters. The minimum absolute atomic E-state index is 0.260. The fraction of sp³-hybridized carbons (Fsp3) is 0.0625. The zero-order chi connectivity index (χ0) is 14.8. The zero-order valence-electron chi connectivity index (χ0n) is 11.0. The van der Waals surface area contributed by atoms with Crippen molar-refractivity contribution in [3.8, 4) is 0 Å². The summed E-state index contributed by atoms with van der Waals surface area (Å²) in [6, 6.07) is 12.1. The number of benzene rings is 2. The Morgan fingerprint density at radius 2 is 2.00 bits per heavy atom. The molecule has 0 spiro atoms. The van der Waals surface area contributed by atoms with Crippen LogP contribution in [-0.2, 0) is 5.75 Å². The number of pyridine rings is 1. The molecule has 106 valence electrons. The van der Waals surface area contributed by atoms with Crippen LogP contribution in [0.3, 0.4) is 0 Å². The van der Waals surface area contributed by atoms with Gasteiger partial charge in [0.25, 0.3) is 0 Å². The average molecular weight is 319 g/mol. The van der Waals surface area contributed by atoms with Gasteiger partial charge in [-0.25, -0.2) is 4.39 Å². The molecule has 1 aromatic heterocycles. The lowest BCUT2D eigenvalue weighted by Gasteiger charge is -2.09. The molecular formula is C16H12ClFN2S. The first-order valence-electron chi connectivity index (χ1n) is 6.35. The van der Waals surface area contributed by atoms with Gasteiger partial charge in [0.05, 0.1) is 10.5 Å². The maximum Gasteiger partial charge on any atom is 0.132 e. The third-order valence-corrected chi connectivity index (χ3v) is 4.80. The van der Waals surface area contributed by atoms with Crippen molar-refractivity contribution in [1.29, 1.82) is 0 Å². The minimum Gasteiger partial charge on any atom is -0.398 e. The summed E-state index contributed by atoms with van der Waals surface area (Å²) in [5.41, 5.74) is 8.22. The van der Waals surface area contributed by atoms with E-state index in [1.165, 1.54) is 17.8 Å². The molecule has 0 saturated carbocycles. The van der Waals surface area contributed by atoms with E-state index in [0.717, 1.165) is 10.5 Å². The van der Waals surface area contributed by atoms with E-state index < -0.39 is 0 Å². The quantitative estimate of drug-likeness (QED) is 0.551. The summed E-state index contributed by atoms with van der Waals surface area (Å²) < 4.78 is 13.8. The van der Waals surface area contributed by atoms with Crippen LogP contribution in [0, 0.1) is 5.82 Å². The van der Waals surface area contributed by atoms with Crippen LogP contribution in [0.1, 0.15) is 5.56 Å². The van der Waals surface area contributed by atoms with Crippen molar-refractivity contribution >= 4 is 40.0 Å². The number of nitrogens with two attached hydrogens (primary N) is 1. The molecule has 5 heteroatoms. The third kappa shape index (κ3) is 2.82. The molecule has 0 saturated heterocycles. The maximum absolute atomic E-state index is 13.8. The van der Waals surface area contributed by atoms with Gasteiger partial charge in [0.2, 0.25) is 0 Å². The highest BCUT2D eigenvalue weighted by atomic mass is 35.5. The molecule has 3 aromatic rings. The van der Waals surface area contributed by atoms with Crippen LogP contribution in [0.2, 0.25) is 5.02 Å². The SMILES string of the molecule is Nc1cccc(Cl)c1SCc1ccc(F)c2cccnc12. The number of rotatable bonds is 3. The van der Waals surface area contributed by atoms with E-state index in [0.29, 0.717) is 27.4 Å². The first-order chi connectivity index (χ1) is 10.2. The van der Waals surface area contributed by atoms with Gasteiger partial charge in [0.1, 0.15) is 5.82 Å². The molecule has 0 amide bonds. The molecule has 0 aliphatic rings. The molecule has 0 aliphatic carbocycles. The topological polar surface area (TPSA) is 38.9 Å². The van der Waals surface area contributed by atoms with E-state index in [9.17, 15) is 4.39 Å². The number of fused-ring (bicyclic) bond motifs is 1. The van der Waals surface area contributed by atoms with Crippen molar-refractivity contribution in [3.05, 3.63) is 65.1 Å². The lowest BCUT2D eigenvalue weighted by molar-refractivity contribution is 0.639. The maximum atomic E-state index is 13.8. The second-order valence-electron chi connectivity index (χ2n) is 4.55. The van der Waals surface area contributed by atoms with Crippen molar-refractivity contribution in [1.82, 2.24) is 4.98 Å². The van der Waals surface area contributed by atoms with Crippen LogP contribution in [0.15, 0.2) is 53.6 Å². The Morgan fingerprint density at radius 1 is 1.14 bits per heavy atom.